The van der Waals surface area contributed by atoms with Gasteiger partial charge in [-0.2, -0.15) is 0 Å². The molecule has 0 amide bonds. The van der Waals surface area contributed by atoms with Crippen LogP contribution in [0, 0.1) is 5.92 Å². The van der Waals surface area contributed by atoms with Gasteiger partial charge in [0.05, 0.1) is 24.5 Å². The molecule has 1 saturated heterocycles. The van der Waals surface area contributed by atoms with Crippen LogP contribution >= 0.6 is 0 Å². The summed E-state index contributed by atoms with van der Waals surface area (Å²) in [5.41, 5.74) is 0. The van der Waals surface area contributed by atoms with Crippen LogP contribution in [0.15, 0.2) is 29.2 Å². The molecule has 18 heavy (non-hydrogen) atoms. The molecule has 3 atom stereocenters. The van der Waals surface area contributed by atoms with Crippen LogP contribution in [0.25, 0.3) is 0 Å². The number of carbonyl (C=O) groups excluding carboxylic acids is 1. The molecule has 0 bridgehead atoms. The summed E-state index contributed by atoms with van der Waals surface area (Å²) in [4.78, 5) is 12.3. The molecule has 0 N–H and O–H groups in total. The van der Waals surface area contributed by atoms with Crippen molar-refractivity contribution in [2.24, 2.45) is 5.92 Å². The highest BCUT2D eigenvalue weighted by Gasteiger charge is 2.36. The van der Waals surface area contributed by atoms with Crippen molar-refractivity contribution in [3.05, 3.63) is 24.3 Å². The Morgan fingerprint density at radius 3 is 2.56 bits per heavy atom. The second kappa shape index (κ2) is 5.52. The molecular weight excluding hydrogens is 252 g/mol. The predicted octanol–water partition coefficient (Wildman–Crippen LogP) is 1.75. The number of hydrogen-bond donors (Lipinski definition) is 0. The molecule has 0 aliphatic carbocycles. The maximum Gasteiger partial charge on any atom is 0.322 e. The van der Waals surface area contributed by atoms with E-state index in [9.17, 15) is 9.00 Å². The van der Waals surface area contributed by atoms with Gasteiger partial charge in [-0.05, 0) is 36.6 Å². The fourth-order valence-electron chi connectivity index (χ4n) is 1.97. The van der Waals surface area contributed by atoms with E-state index in [1.165, 1.54) is 0 Å². The van der Waals surface area contributed by atoms with Crippen molar-refractivity contribution < 1.29 is 18.5 Å². The van der Waals surface area contributed by atoms with Crippen LogP contribution in [0.1, 0.15) is 13.3 Å². The third-order valence-corrected chi connectivity index (χ3v) is 4.94. The van der Waals surface area contributed by atoms with Crippen LogP contribution in [0.4, 0.5) is 0 Å². The number of carbonyl (C=O) groups is 1. The van der Waals surface area contributed by atoms with E-state index in [0.717, 1.165) is 6.42 Å². The van der Waals surface area contributed by atoms with E-state index >= 15 is 0 Å². The van der Waals surface area contributed by atoms with Gasteiger partial charge in [0.15, 0.2) is 0 Å². The lowest BCUT2D eigenvalue weighted by atomic mass is 10.0. The Bertz CT molecular complexity index is 455. The molecule has 3 unspecified atom stereocenters. The Balaban J connectivity index is 2.21. The quantitative estimate of drug-likeness (QED) is 0.784. The number of cyclic esters (lactones) is 1. The van der Waals surface area contributed by atoms with Gasteiger partial charge in [-0.1, -0.05) is 6.92 Å². The maximum absolute atomic E-state index is 12.4. The number of benzene rings is 1. The fraction of sp³-hybridized carbons (Fsp3) is 0.462. The van der Waals surface area contributed by atoms with E-state index < -0.39 is 16.0 Å². The van der Waals surface area contributed by atoms with Crippen molar-refractivity contribution >= 4 is 16.8 Å². The molecule has 0 radical (unpaired) electrons. The highest BCUT2D eigenvalue weighted by Crippen LogP contribution is 2.25. The van der Waals surface area contributed by atoms with Crippen molar-refractivity contribution in [3.8, 4) is 5.75 Å². The summed E-state index contributed by atoms with van der Waals surface area (Å²) in [5, 5.41) is -0.563. The molecule has 1 aliphatic heterocycles. The lowest BCUT2D eigenvalue weighted by Crippen LogP contribution is -2.39. The molecule has 4 nitrogen and oxygen atoms in total. The van der Waals surface area contributed by atoms with Gasteiger partial charge in [0.25, 0.3) is 0 Å². The van der Waals surface area contributed by atoms with Gasteiger partial charge in [-0.15, -0.1) is 0 Å². The lowest BCUT2D eigenvalue weighted by Gasteiger charge is -2.26. The number of ether oxygens (including phenoxy) is 2. The first-order valence-electron chi connectivity index (χ1n) is 5.84. The van der Waals surface area contributed by atoms with Crippen molar-refractivity contribution in [2.75, 3.05) is 13.7 Å². The Morgan fingerprint density at radius 2 is 2.00 bits per heavy atom. The Hall–Kier alpha value is -1.36. The zero-order valence-electron chi connectivity index (χ0n) is 10.4. The van der Waals surface area contributed by atoms with Crippen LogP contribution in [0.3, 0.4) is 0 Å². The summed E-state index contributed by atoms with van der Waals surface area (Å²) in [7, 11) is 0.206. The van der Waals surface area contributed by atoms with E-state index in [-0.39, 0.29) is 11.9 Å². The maximum atomic E-state index is 12.4. The summed E-state index contributed by atoms with van der Waals surface area (Å²) < 4.78 is 22.4. The van der Waals surface area contributed by atoms with Crippen LogP contribution < -0.4 is 4.74 Å². The summed E-state index contributed by atoms with van der Waals surface area (Å²) in [6.45, 7) is 2.36. The molecule has 1 heterocycles. The van der Waals surface area contributed by atoms with Crippen LogP contribution in [-0.4, -0.2) is 29.1 Å². The van der Waals surface area contributed by atoms with Gasteiger partial charge in [0.1, 0.15) is 11.0 Å². The lowest BCUT2D eigenvalue weighted by molar-refractivity contribution is -0.147. The van der Waals surface area contributed by atoms with Crippen molar-refractivity contribution in [1.82, 2.24) is 0 Å². The molecule has 0 aromatic heterocycles. The summed E-state index contributed by atoms with van der Waals surface area (Å²) in [6, 6.07) is 6.94. The van der Waals surface area contributed by atoms with Crippen molar-refractivity contribution in [2.45, 2.75) is 23.5 Å². The van der Waals surface area contributed by atoms with Crippen LogP contribution in [0.5, 0.6) is 5.75 Å². The molecule has 2 rings (SSSR count). The van der Waals surface area contributed by atoms with Gasteiger partial charge < -0.3 is 9.47 Å². The van der Waals surface area contributed by atoms with Gasteiger partial charge in [-0.3, -0.25) is 9.00 Å². The zero-order valence-corrected chi connectivity index (χ0v) is 11.2. The van der Waals surface area contributed by atoms with Crippen molar-refractivity contribution in [1.29, 1.82) is 0 Å². The molecule has 0 spiro atoms. The van der Waals surface area contributed by atoms with E-state index in [0.29, 0.717) is 17.3 Å². The summed E-state index contributed by atoms with van der Waals surface area (Å²) in [6.07, 6.45) is 0.762. The van der Waals surface area contributed by atoms with Crippen molar-refractivity contribution in [3.63, 3.8) is 0 Å². The molecule has 1 aromatic rings. The minimum absolute atomic E-state index is 0.0779. The third kappa shape index (κ3) is 2.56. The Morgan fingerprint density at radius 1 is 1.33 bits per heavy atom. The van der Waals surface area contributed by atoms with Gasteiger partial charge >= 0.3 is 5.97 Å². The Labute approximate surface area is 109 Å². The van der Waals surface area contributed by atoms with E-state index in [1.807, 2.05) is 6.92 Å². The average molecular weight is 268 g/mol. The zero-order chi connectivity index (χ0) is 13.1. The number of hydrogen-bond acceptors (Lipinski definition) is 4. The first kappa shape index (κ1) is 13.1. The van der Waals surface area contributed by atoms with Gasteiger partial charge in [0, 0.05) is 4.90 Å². The summed E-state index contributed by atoms with van der Waals surface area (Å²) in [5.74, 6) is 0.423. The van der Waals surface area contributed by atoms with Crippen LogP contribution in [0.2, 0.25) is 0 Å². The number of rotatable bonds is 3. The number of esters is 1. The highest BCUT2D eigenvalue weighted by molar-refractivity contribution is 7.86. The van der Waals surface area contributed by atoms with Gasteiger partial charge in [0.2, 0.25) is 0 Å². The second-order valence-corrected chi connectivity index (χ2v) is 5.90. The molecule has 1 fully saturated rings. The minimum atomic E-state index is -1.37. The molecule has 1 aliphatic rings. The third-order valence-electron chi connectivity index (χ3n) is 3.09. The second-order valence-electron chi connectivity index (χ2n) is 4.33. The van der Waals surface area contributed by atoms with Gasteiger partial charge in [-0.25, -0.2) is 0 Å². The fourth-order valence-corrected chi connectivity index (χ4v) is 3.46. The largest absolute Gasteiger partial charge is 0.497 e. The standard InChI is InChI=1S/C13H16O4S/c1-9-7-8-17-13(14)12(9)18(15)11-5-3-10(16-2)4-6-11/h3-6,9,12H,7-8H2,1-2H3. The first-order chi connectivity index (χ1) is 8.63. The topological polar surface area (TPSA) is 52.6 Å². The predicted molar refractivity (Wildman–Crippen MR) is 67.9 cm³/mol. The smallest absolute Gasteiger partial charge is 0.322 e. The SMILES string of the molecule is COc1ccc(S(=O)C2C(=O)OCCC2C)cc1. The molecule has 98 valence electrons. The first-order valence-corrected chi connectivity index (χ1v) is 7.06. The minimum Gasteiger partial charge on any atom is -0.497 e. The Kier molecular flexibility index (Phi) is 4.01. The number of methoxy groups -OCH3 is 1. The molecular formula is C13H16O4S. The van der Waals surface area contributed by atoms with E-state index in [2.05, 4.69) is 0 Å². The summed E-state index contributed by atoms with van der Waals surface area (Å²) >= 11 is 0. The molecule has 5 heteroatoms. The highest BCUT2D eigenvalue weighted by atomic mass is 32.2. The average Bonchev–Trinajstić information content (AvgIpc) is 2.38. The van der Waals surface area contributed by atoms with E-state index in [4.69, 9.17) is 9.47 Å². The molecule has 1 aromatic carbocycles. The van der Waals surface area contributed by atoms with Crippen LogP contribution in [-0.2, 0) is 20.3 Å². The molecule has 0 saturated carbocycles. The van der Waals surface area contributed by atoms with E-state index in [1.54, 1.807) is 31.4 Å². The normalized spacial score (nSPS) is 25.3. The monoisotopic (exact) mass is 268 g/mol.